The van der Waals surface area contributed by atoms with Crippen LogP contribution in [0.5, 0.6) is 11.5 Å². The lowest BCUT2D eigenvalue weighted by Gasteiger charge is -2.11. The number of hydrogen-bond acceptors (Lipinski definition) is 3. The van der Waals surface area contributed by atoms with Gasteiger partial charge in [-0.15, -0.1) is 0 Å². The maximum Gasteiger partial charge on any atom is 0.336 e. The first kappa shape index (κ1) is 15.6. The van der Waals surface area contributed by atoms with E-state index in [1.165, 1.54) is 38.5 Å². The van der Waals surface area contributed by atoms with Crippen LogP contribution in [0.3, 0.4) is 0 Å². The van der Waals surface area contributed by atoms with Crippen molar-refractivity contribution in [3.8, 4) is 11.5 Å². The van der Waals surface area contributed by atoms with Gasteiger partial charge in [-0.05, 0) is 42.0 Å². The van der Waals surface area contributed by atoms with E-state index in [4.69, 9.17) is 9.47 Å². The molecule has 0 aliphatic rings. The minimum atomic E-state index is -1.14. The van der Waals surface area contributed by atoms with E-state index < -0.39 is 11.8 Å². The van der Waals surface area contributed by atoms with Crippen LogP contribution in [0, 0.1) is 5.82 Å². The molecule has 22 heavy (non-hydrogen) atoms. The van der Waals surface area contributed by atoms with E-state index in [-0.39, 0.29) is 5.57 Å². The van der Waals surface area contributed by atoms with Gasteiger partial charge >= 0.3 is 5.97 Å². The van der Waals surface area contributed by atoms with Crippen molar-refractivity contribution in [1.29, 1.82) is 0 Å². The second-order valence-electron chi connectivity index (χ2n) is 4.48. The van der Waals surface area contributed by atoms with Gasteiger partial charge in [0.2, 0.25) is 0 Å². The number of methoxy groups -OCH3 is 2. The van der Waals surface area contributed by atoms with Crippen molar-refractivity contribution in [1.82, 2.24) is 0 Å². The first-order valence-corrected chi connectivity index (χ1v) is 6.48. The van der Waals surface area contributed by atoms with Gasteiger partial charge in [-0.2, -0.15) is 0 Å². The lowest BCUT2D eigenvalue weighted by atomic mass is 10.0. The highest BCUT2D eigenvalue weighted by Crippen LogP contribution is 2.31. The maximum absolute atomic E-state index is 13.3. The molecule has 0 radical (unpaired) electrons. The summed E-state index contributed by atoms with van der Waals surface area (Å²) in [6, 6.07) is 10.6. The molecule has 0 aliphatic heterocycles. The summed E-state index contributed by atoms with van der Waals surface area (Å²) in [4.78, 5) is 11.6. The van der Waals surface area contributed by atoms with Crippen molar-refractivity contribution in [2.75, 3.05) is 14.2 Å². The van der Waals surface area contributed by atoms with E-state index in [0.717, 1.165) is 0 Å². The number of hydrogen-bond donors (Lipinski definition) is 1. The van der Waals surface area contributed by atoms with E-state index in [0.29, 0.717) is 22.6 Å². The molecule has 2 aromatic carbocycles. The van der Waals surface area contributed by atoms with E-state index in [1.54, 1.807) is 24.3 Å². The van der Waals surface area contributed by atoms with Crippen molar-refractivity contribution in [3.63, 3.8) is 0 Å². The molecule has 5 heteroatoms. The molecule has 114 valence electrons. The summed E-state index contributed by atoms with van der Waals surface area (Å²) in [5.41, 5.74) is 0.794. The van der Waals surface area contributed by atoms with Crippen LogP contribution < -0.4 is 9.47 Å². The quantitative estimate of drug-likeness (QED) is 0.679. The van der Waals surface area contributed by atoms with Crippen LogP contribution in [0.25, 0.3) is 11.6 Å². The van der Waals surface area contributed by atoms with Crippen LogP contribution in [0.15, 0.2) is 42.5 Å². The summed E-state index contributed by atoms with van der Waals surface area (Å²) in [6.07, 6.45) is 1.39. The predicted molar refractivity (Wildman–Crippen MR) is 81.5 cm³/mol. The predicted octanol–water partition coefficient (Wildman–Crippen LogP) is 3.47. The van der Waals surface area contributed by atoms with Gasteiger partial charge in [-0.3, -0.25) is 0 Å². The average Bonchev–Trinajstić information content (AvgIpc) is 2.51. The molecule has 0 saturated carbocycles. The number of carbonyl (C=O) groups is 1. The Kier molecular flexibility index (Phi) is 4.78. The third-order valence-corrected chi connectivity index (χ3v) is 3.09. The van der Waals surface area contributed by atoms with Crippen molar-refractivity contribution < 1.29 is 23.8 Å². The lowest BCUT2D eigenvalue weighted by molar-refractivity contribution is -0.130. The zero-order valence-corrected chi connectivity index (χ0v) is 12.2. The molecular formula is C17H15FO4. The summed E-state index contributed by atoms with van der Waals surface area (Å²) in [7, 11) is 2.94. The normalized spacial score (nSPS) is 11.1. The van der Waals surface area contributed by atoms with Crippen LogP contribution in [-0.2, 0) is 4.79 Å². The summed E-state index contributed by atoms with van der Waals surface area (Å²) in [6.45, 7) is 0. The number of benzene rings is 2. The molecule has 2 aromatic rings. The van der Waals surface area contributed by atoms with E-state index >= 15 is 0 Å². The van der Waals surface area contributed by atoms with E-state index in [9.17, 15) is 14.3 Å². The van der Waals surface area contributed by atoms with E-state index in [2.05, 4.69) is 0 Å². The van der Waals surface area contributed by atoms with Crippen molar-refractivity contribution in [2.24, 2.45) is 0 Å². The lowest BCUT2D eigenvalue weighted by Crippen LogP contribution is -2.02. The number of halogens is 1. The largest absolute Gasteiger partial charge is 0.497 e. The monoisotopic (exact) mass is 302 g/mol. The summed E-state index contributed by atoms with van der Waals surface area (Å²) < 4.78 is 23.6. The van der Waals surface area contributed by atoms with Crippen LogP contribution >= 0.6 is 0 Å². The molecule has 0 heterocycles. The van der Waals surface area contributed by atoms with Crippen molar-refractivity contribution >= 4 is 17.6 Å². The highest BCUT2D eigenvalue weighted by Gasteiger charge is 2.16. The first-order valence-electron chi connectivity index (χ1n) is 6.48. The molecule has 0 unspecified atom stereocenters. The van der Waals surface area contributed by atoms with Crippen molar-refractivity contribution in [2.45, 2.75) is 0 Å². The molecule has 4 nitrogen and oxygen atoms in total. The fourth-order valence-corrected chi connectivity index (χ4v) is 2.04. The third kappa shape index (κ3) is 3.44. The van der Waals surface area contributed by atoms with Crippen LogP contribution in [0.4, 0.5) is 4.39 Å². The first-order chi connectivity index (χ1) is 10.5. The topological polar surface area (TPSA) is 55.8 Å². The number of carboxylic acid groups (broad SMARTS) is 1. The minimum Gasteiger partial charge on any atom is -0.497 e. The van der Waals surface area contributed by atoms with Gasteiger partial charge in [0.25, 0.3) is 0 Å². The summed E-state index contributed by atoms with van der Waals surface area (Å²) in [5, 5.41) is 9.48. The van der Waals surface area contributed by atoms with Gasteiger partial charge in [0, 0.05) is 5.56 Å². The smallest absolute Gasteiger partial charge is 0.336 e. The van der Waals surface area contributed by atoms with E-state index in [1.807, 2.05) is 0 Å². The summed E-state index contributed by atoms with van der Waals surface area (Å²) >= 11 is 0. The molecule has 0 spiro atoms. The van der Waals surface area contributed by atoms with Crippen LogP contribution in [0.2, 0.25) is 0 Å². The average molecular weight is 302 g/mol. The van der Waals surface area contributed by atoms with Gasteiger partial charge in [0.1, 0.15) is 17.3 Å². The second-order valence-corrected chi connectivity index (χ2v) is 4.48. The Bertz CT molecular complexity index is 722. The molecule has 0 aliphatic carbocycles. The van der Waals surface area contributed by atoms with Gasteiger partial charge in [-0.25, -0.2) is 9.18 Å². The van der Waals surface area contributed by atoms with Crippen LogP contribution in [-0.4, -0.2) is 25.3 Å². The Balaban J connectivity index is 2.59. The molecule has 0 amide bonds. The molecule has 0 atom stereocenters. The molecule has 0 saturated heterocycles. The van der Waals surface area contributed by atoms with Gasteiger partial charge in [0.05, 0.1) is 19.8 Å². The number of ether oxygens (including phenoxy) is 2. The fraction of sp³-hybridized carbons (Fsp3) is 0.118. The number of aliphatic carboxylic acids is 1. The Labute approximate surface area is 127 Å². The number of carboxylic acids is 1. The standard InChI is InChI=1S/C17H15FO4/c1-21-13-6-7-16(22-2)14(10-13)15(17(19)20)9-11-4-3-5-12(18)8-11/h3-10H,1-2H3,(H,19,20)/b15-9-. The van der Waals surface area contributed by atoms with Crippen LogP contribution in [0.1, 0.15) is 11.1 Å². The Morgan fingerprint density at radius 1 is 1.14 bits per heavy atom. The van der Waals surface area contributed by atoms with Crippen molar-refractivity contribution in [3.05, 3.63) is 59.4 Å². The Morgan fingerprint density at radius 2 is 1.91 bits per heavy atom. The maximum atomic E-state index is 13.3. The minimum absolute atomic E-state index is 0.0126. The zero-order chi connectivity index (χ0) is 16.1. The summed E-state index contributed by atoms with van der Waals surface area (Å²) in [5.74, 6) is -0.681. The molecular weight excluding hydrogens is 287 g/mol. The SMILES string of the molecule is COc1ccc(OC)c(/C(=C/c2cccc(F)c2)C(=O)O)c1. The Hall–Kier alpha value is -2.82. The zero-order valence-electron chi connectivity index (χ0n) is 12.2. The molecule has 0 fully saturated rings. The second kappa shape index (κ2) is 6.76. The fourth-order valence-electron chi connectivity index (χ4n) is 2.04. The number of rotatable bonds is 5. The molecule has 0 aromatic heterocycles. The van der Waals surface area contributed by atoms with Gasteiger partial charge < -0.3 is 14.6 Å². The third-order valence-electron chi connectivity index (χ3n) is 3.09. The highest BCUT2D eigenvalue weighted by atomic mass is 19.1. The molecule has 1 N–H and O–H groups in total. The highest BCUT2D eigenvalue weighted by molar-refractivity contribution is 6.21. The molecule has 0 bridgehead atoms. The Morgan fingerprint density at radius 3 is 2.50 bits per heavy atom. The van der Waals surface area contributed by atoms with Gasteiger partial charge in [-0.1, -0.05) is 12.1 Å². The van der Waals surface area contributed by atoms with Gasteiger partial charge in [0.15, 0.2) is 0 Å². The molecule has 2 rings (SSSR count).